The standard InChI is InChI=1S/C9H12N4OS/c10-8-2-5-13(12-8)4-1-7-15-9-11-3-6-14-9/h2-3,5-6H,1,4,7H2,(H2,10,12). The fourth-order valence-corrected chi connectivity index (χ4v) is 1.88. The number of nitrogens with two attached hydrogens (primary N) is 1. The van der Waals surface area contributed by atoms with Gasteiger partial charge in [-0.1, -0.05) is 11.8 Å². The number of hydrogen-bond donors (Lipinski definition) is 1. The van der Waals surface area contributed by atoms with E-state index >= 15 is 0 Å². The first-order valence-corrected chi connectivity index (χ1v) is 5.64. The van der Waals surface area contributed by atoms with Crippen LogP contribution in [0.5, 0.6) is 0 Å². The van der Waals surface area contributed by atoms with Crippen molar-refractivity contribution in [2.45, 2.75) is 18.2 Å². The van der Waals surface area contributed by atoms with Crippen LogP contribution in [0.4, 0.5) is 5.82 Å². The number of oxazole rings is 1. The Morgan fingerprint density at radius 2 is 2.47 bits per heavy atom. The molecule has 0 spiro atoms. The highest BCUT2D eigenvalue weighted by Gasteiger charge is 1.99. The van der Waals surface area contributed by atoms with Crippen molar-refractivity contribution in [3.05, 3.63) is 24.7 Å². The Labute approximate surface area is 91.7 Å². The smallest absolute Gasteiger partial charge is 0.255 e. The van der Waals surface area contributed by atoms with E-state index in [0.29, 0.717) is 5.82 Å². The maximum absolute atomic E-state index is 5.50. The minimum absolute atomic E-state index is 0.565. The molecule has 6 heteroatoms. The average molecular weight is 224 g/mol. The van der Waals surface area contributed by atoms with E-state index in [1.807, 2.05) is 10.9 Å². The molecule has 5 nitrogen and oxygen atoms in total. The summed E-state index contributed by atoms with van der Waals surface area (Å²) in [5, 5.41) is 4.81. The molecular weight excluding hydrogens is 212 g/mol. The van der Waals surface area contributed by atoms with Crippen LogP contribution in [0.2, 0.25) is 0 Å². The summed E-state index contributed by atoms with van der Waals surface area (Å²) < 4.78 is 6.94. The van der Waals surface area contributed by atoms with Crippen molar-refractivity contribution in [3.8, 4) is 0 Å². The van der Waals surface area contributed by atoms with Gasteiger partial charge in [0.2, 0.25) is 0 Å². The zero-order valence-electron chi connectivity index (χ0n) is 8.17. The molecule has 0 aliphatic carbocycles. The first-order valence-electron chi connectivity index (χ1n) is 4.66. The van der Waals surface area contributed by atoms with E-state index in [2.05, 4.69) is 10.1 Å². The molecule has 0 aliphatic heterocycles. The number of anilines is 1. The molecule has 2 aromatic rings. The van der Waals surface area contributed by atoms with Crippen LogP contribution in [-0.4, -0.2) is 20.5 Å². The van der Waals surface area contributed by atoms with Gasteiger partial charge in [0.25, 0.3) is 5.22 Å². The Morgan fingerprint density at radius 3 is 3.13 bits per heavy atom. The number of nitrogens with zero attached hydrogens (tertiary/aromatic N) is 3. The minimum atomic E-state index is 0.565. The monoisotopic (exact) mass is 224 g/mol. The molecular formula is C9H12N4OS. The lowest BCUT2D eigenvalue weighted by Crippen LogP contribution is -2.00. The molecule has 0 atom stereocenters. The van der Waals surface area contributed by atoms with Crippen molar-refractivity contribution >= 4 is 17.6 Å². The van der Waals surface area contributed by atoms with Crippen LogP contribution < -0.4 is 5.73 Å². The molecule has 0 amide bonds. The summed E-state index contributed by atoms with van der Waals surface area (Å²) in [5.41, 5.74) is 5.50. The Kier molecular flexibility index (Phi) is 3.29. The van der Waals surface area contributed by atoms with Crippen molar-refractivity contribution in [1.82, 2.24) is 14.8 Å². The van der Waals surface area contributed by atoms with E-state index < -0.39 is 0 Å². The molecule has 2 aromatic heterocycles. The second-order valence-electron chi connectivity index (χ2n) is 3.00. The molecule has 0 radical (unpaired) electrons. The zero-order valence-corrected chi connectivity index (χ0v) is 8.98. The molecule has 0 unspecified atom stereocenters. The third-order valence-electron chi connectivity index (χ3n) is 1.83. The third kappa shape index (κ3) is 3.02. The fourth-order valence-electron chi connectivity index (χ4n) is 1.17. The summed E-state index contributed by atoms with van der Waals surface area (Å²) in [7, 11) is 0. The van der Waals surface area contributed by atoms with Crippen LogP contribution in [-0.2, 0) is 6.54 Å². The van der Waals surface area contributed by atoms with E-state index in [1.165, 1.54) is 0 Å². The second kappa shape index (κ2) is 4.88. The van der Waals surface area contributed by atoms with Crippen LogP contribution in [0.25, 0.3) is 0 Å². The lowest BCUT2D eigenvalue weighted by atomic mass is 10.5. The summed E-state index contributed by atoms with van der Waals surface area (Å²) in [5.74, 6) is 1.52. The summed E-state index contributed by atoms with van der Waals surface area (Å²) in [6, 6.07) is 1.79. The molecule has 80 valence electrons. The van der Waals surface area contributed by atoms with Crippen LogP contribution in [0.3, 0.4) is 0 Å². The van der Waals surface area contributed by atoms with Gasteiger partial charge in [-0.25, -0.2) is 4.98 Å². The summed E-state index contributed by atoms with van der Waals surface area (Å²) in [4.78, 5) is 4.02. The Bertz CT molecular complexity index is 398. The zero-order chi connectivity index (χ0) is 10.5. The topological polar surface area (TPSA) is 69.9 Å². The third-order valence-corrected chi connectivity index (χ3v) is 2.77. The van der Waals surface area contributed by atoms with Crippen molar-refractivity contribution in [1.29, 1.82) is 0 Å². The van der Waals surface area contributed by atoms with Gasteiger partial charge in [-0.05, 0) is 12.5 Å². The first-order chi connectivity index (χ1) is 7.34. The number of nitrogen functional groups attached to an aromatic ring is 1. The molecule has 0 aliphatic rings. The molecule has 0 bridgehead atoms. The number of aromatic nitrogens is 3. The SMILES string of the molecule is Nc1ccn(CCCSc2ncco2)n1. The van der Waals surface area contributed by atoms with E-state index in [1.54, 1.807) is 30.3 Å². The van der Waals surface area contributed by atoms with Crippen LogP contribution >= 0.6 is 11.8 Å². The van der Waals surface area contributed by atoms with Gasteiger partial charge >= 0.3 is 0 Å². The van der Waals surface area contributed by atoms with E-state index in [4.69, 9.17) is 10.2 Å². The van der Waals surface area contributed by atoms with Gasteiger partial charge in [0, 0.05) is 18.5 Å². The molecule has 0 fully saturated rings. The quantitative estimate of drug-likeness (QED) is 0.617. The molecule has 2 N–H and O–H groups in total. The van der Waals surface area contributed by atoms with Gasteiger partial charge in [-0.2, -0.15) is 5.10 Å². The second-order valence-corrected chi connectivity index (χ2v) is 4.05. The normalized spacial score (nSPS) is 10.7. The Balaban J connectivity index is 1.67. The highest BCUT2D eigenvalue weighted by Crippen LogP contribution is 2.15. The summed E-state index contributed by atoms with van der Waals surface area (Å²) in [6.45, 7) is 0.866. The first kappa shape index (κ1) is 10.1. The van der Waals surface area contributed by atoms with Crippen LogP contribution in [0.1, 0.15) is 6.42 Å². The van der Waals surface area contributed by atoms with Crippen molar-refractivity contribution in [3.63, 3.8) is 0 Å². The highest BCUT2D eigenvalue weighted by molar-refractivity contribution is 7.99. The maximum atomic E-state index is 5.50. The number of hydrogen-bond acceptors (Lipinski definition) is 5. The predicted molar refractivity (Wildman–Crippen MR) is 58.5 cm³/mol. The summed E-state index contributed by atoms with van der Waals surface area (Å²) >= 11 is 1.60. The molecule has 2 rings (SSSR count). The Morgan fingerprint density at radius 1 is 1.53 bits per heavy atom. The van der Waals surface area contributed by atoms with Gasteiger partial charge in [-0.15, -0.1) is 0 Å². The van der Waals surface area contributed by atoms with E-state index in [-0.39, 0.29) is 0 Å². The Hall–Kier alpha value is -1.43. The van der Waals surface area contributed by atoms with Gasteiger partial charge in [0.1, 0.15) is 12.1 Å². The molecule has 0 aromatic carbocycles. The van der Waals surface area contributed by atoms with E-state index in [9.17, 15) is 0 Å². The lowest BCUT2D eigenvalue weighted by Gasteiger charge is -1.99. The number of aryl methyl sites for hydroxylation is 1. The van der Waals surface area contributed by atoms with Crippen LogP contribution in [0, 0.1) is 0 Å². The molecule has 0 saturated carbocycles. The van der Waals surface area contributed by atoms with Crippen molar-refractivity contribution in [2.24, 2.45) is 0 Å². The predicted octanol–water partition coefficient (Wildman–Crippen LogP) is 1.64. The van der Waals surface area contributed by atoms with Gasteiger partial charge < -0.3 is 10.2 Å². The molecule has 2 heterocycles. The van der Waals surface area contributed by atoms with E-state index in [0.717, 1.165) is 23.9 Å². The maximum Gasteiger partial charge on any atom is 0.255 e. The molecule has 15 heavy (non-hydrogen) atoms. The van der Waals surface area contributed by atoms with Crippen molar-refractivity contribution in [2.75, 3.05) is 11.5 Å². The van der Waals surface area contributed by atoms with Crippen LogP contribution in [0.15, 0.2) is 34.4 Å². The minimum Gasteiger partial charge on any atom is -0.440 e. The number of thioether (sulfide) groups is 1. The van der Waals surface area contributed by atoms with Gasteiger partial charge in [-0.3, -0.25) is 4.68 Å². The fraction of sp³-hybridized carbons (Fsp3) is 0.333. The van der Waals surface area contributed by atoms with Gasteiger partial charge in [0.05, 0.1) is 6.20 Å². The van der Waals surface area contributed by atoms with Gasteiger partial charge in [0.15, 0.2) is 0 Å². The van der Waals surface area contributed by atoms with Crippen molar-refractivity contribution < 1.29 is 4.42 Å². The average Bonchev–Trinajstić information content (AvgIpc) is 2.84. The highest BCUT2D eigenvalue weighted by atomic mass is 32.2. The summed E-state index contributed by atoms with van der Waals surface area (Å²) in [6.07, 6.45) is 6.12. The molecule has 0 saturated heterocycles. The number of rotatable bonds is 5. The largest absolute Gasteiger partial charge is 0.440 e. The lowest BCUT2D eigenvalue weighted by molar-refractivity contribution is 0.453.